The zero-order chi connectivity index (χ0) is 14.9. The third-order valence-electron chi connectivity index (χ3n) is 3.25. The predicted molar refractivity (Wildman–Crippen MR) is 89.9 cm³/mol. The molecular formula is C17H19N3S. The molecule has 0 aliphatic heterocycles. The van der Waals surface area contributed by atoms with Crippen molar-refractivity contribution in [3.05, 3.63) is 52.6 Å². The van der Waals surface area contributed by atoms with E-state index in [1.807, 2.05) is 30.6 Å². The van der Waals surface area contributed by atoms with Crippen molar-refractivity contribution in [3.63, 3.8) is 0 Å². The first-order chi connectivity index (χ1) is 10.0. The van der Waals surface area contributed by atoms with Crippen molar-refractivity contribution in [2.45, 2.75) is 32.7 Å². The van der Waals surface area contributed by atoms with Crippen LogP contribution in [0.4, 0.5) is 5.69 Å². The van der Waals surface area contributed by atoms with Gasteiger partial charge in [0.25, 0.3) is 0 Å². The molecule has 3 rings (SSSR count). The van der Waals surface area contributed by atoms with Crippen LogP contribution >= 0.6 is 11.3 Å². The summed E-state index contributed by atoms with van der Waals surface area (Å²) in [6.45, 7) is 7.36. The van der Waals surface area contributed by atoms with Gasteiger partial charge in [-0.15, -0.1) is 11.3 Å². The fraction of sp³-hybridized carbons (Fsp3) is 0.294. The van der Waals surface area contributed by atoms with E-state index in [9.17, 15) is 0 Å². The number of nitrogens with one attached hydrogen (secondary N) is 1. The Balaban J connectivity index is 1.73. The molecular weight excluding hydrogens is 278 g/mol. The number of nitrogens with zero attached hydrogens (tertiary/aromatic N) is 2. The highest BCUT2D eigenvalue weighted by atomic mass is 32.1. The second-order valence-corrected chi connectivity index (χ2v) is 7.27. The summed E-state index contributed by atoms with van der Waals surface area (Å²) in [7, 11) is 0. The lowest BCUT2D eigenvalue weighted by atomic mass is 9.98. The van der Waals surface area contributed by atoms with Crippen LogP contribution in [-0.2, 0) is 12.0 Å². The average Bonchev–Trinajstić information content (AvgIpc) is 2.94. The number of hydrogen-bond donors (Lipinski definition) is 1. The molecule has 0 atom stereocenters. The number of anilines is 1. The molecule has 2 aromatic heterocycles. The van der Waals surface area contributed by atoms with Crippen molar-refractivity contribution < 1.29 is 0 Å². The molecule has 0 aliphatic rings. The third kappa shape index (κ3) is 3.22. The largest absolute Gasteiger partial charge is 0.379 e. The van der Waals surface area contributed by atoms with E-state index in [4.69, 9.17) is 0 Å². The number of fused-ring (bicyclic) bond motifs is 1. The molecule has 21 heavy (non-hydrogen) atoms. The first-order valence-electron chi connectivity index (χ1n) is 7.06. The summed E-state index contributed by atoms with van der Waals surface area (Å²) in [5.41, 5.74) is 2.18. The number of para-hydroxylation sites is 1. The molecule has 3 nitrogen and oxygen atoms in total. The van der Waals surface area contributed by atoms with E-state index in [1.165, 1.54) is 9.88 Å². The number of hydrogen-bond acceptors (Lipinski definition) is 4. The lowest BCUT2D eigenvalue weighted by Gasteiger charge is -2.13. The van der Waals surface area contributed by atoms with Crippen LogP contribution in [-0.4, -0.2) is 9.97 Å². The molecule has 0 spiro atoms. The van der Waals surface area contributed by atoms with Crippen molar-refractivity contribution in [2.24, 2.45) is 0 Å². The first kappa shape index (κ1) is 14.0. The molecule has 0 radical (unpaired) electrons. The van der Waals surface area contributed by atoms with Crippen LogP contribution in [0.25, 0.3) is 10.9 Å². The zero-order valence-electron chi connectivity index (χ0n) is 12.6. The number of thiazole rings is 1. The van der Waals surface area contributed by atoms with E-state index in [0.717, 1.165) is 23.1 Å². The van der Waals surface area contributed by atoms with Crippen molar-refractivity contribution in [1.29, 1.82) is 0 Å². The summed E-state index contributed by atoms with van der Waals surface area (Å²) in [5, 5.41) is 5.76. The SMILES string of the molecule is CC(C)(C)c1ncc(CNc2cnc3ccccc3c2)s1. The van der Waals surface area contributed by atoms with Crippen LogP contribution in [0.15, 0.2) is 42.7 Å². The monoisotopic (exact) mass is 297 g/mol. The van der Waals surface area contributed by atoms with E-state index in [0.29, 0.717) is 0 Å². The lowest BCUT2D eigenvalue weighted by Crippen LogP contribution is -2.09. The van der Waals surface area contributed by atoms with E-state index in [1.54, 1.807) is 11.3 Å². The maximum absolute atomic E-state index is 4.51. The topological polar surface area (TPSA) is 37.8 Å². The average molecular weight is 297 g/mol. The summed E-state index contributed by atoms with van der Waals surface area (Å²) in [6.07, 6.45) is 3.85. The van der Waals surface area contributed by atoms with E-state index in [-0.39, 0.29) is 5.41 Å². The fourth-order valence-corrected chi connectivity index (χ4v) is 3.00. The summed E-state index contributed by atoms with van der Waals surface area (Å²) in [4.78, 5) is 10.2. The van der Waals surface area contributed by atoms with E-state index in [2.05, 4.69) is 48.2 Å². The molecule has 1 aromatic carbocycles. The van der Waals surface area contributed by atoms with Gasteiger partial charge in [-0.05, 0) is 12.1 Å². The molecule has 0 bridgehead atoms. The van der Waals surface area contributed by atoms with Crippen molar-refractivity contribution in [2.75, 3.05) is 5.32 Å². The summed E-state index contributed by atoms with van der Waals surface area (Å²) < 4.78 is 0. The first-order valence-corrected chi connectivity index (χ1v) is 7.88. The Bertz CT molecular complexity index is 756. The normalized spacial score (nSPS) is 11.8. The molecule has 0 fully saturated rings. The standard InChI is InChI=1S/C17H19N3S/c1-17(2,3)16-20-11-14(21-16)10-18-13-8-12-6-4-5-7-15(12)19-9-13/h4-9,11,18H,10H2,1-3H3. The number of benzene rings is 1. The van der Waals surface area contributed by atoms with Crippen LogP contribution in [0.2, 0.25) is 0 Å². The number of aromatic nitrogens is 2. The van der Waals surface area contributed by atoms with Crippen LogP contribution in [0.3, 0.4) is 0 Å². The Hall–Kier alpha value is -1.94. The molecule has 4 heteroatoms. The lowest BCUT2D eigenvalue weighted by molar-refractivity contribution is 0.585. The fourth-order valence-electron chi connectivity index (χ4n) is 2.09. The highest BCUT2D eigenvalue weighted by molar-refractivity contribution is 7.11. The van der Waals surface area contributed by atoms with Gasteiger partial charge >= 0.3 is 0 Å². The van der Waals surface area contributed by atoms with Gasteiger partial charge in [0.05, 0.1) is 29.0 Å². The van der Waals surface area contributed by atoms with Crippen molar-refractivity contribution >= 4 is 27.9 Å². The summed E-state index contributed by atoms with van der Waals surface area (Å²) in [5.74, 6) is 0. The van der Waals surface area contributed by atoms with Crippen LogP contribution in [0.1, 0.15) is 30.7 Å². The quantitative estimate of drug-likeness (QED) is 0.767. The van der Waals surface area contributed by atoms with Gasteiger partial charge in [0.2, 0.25) is 0 Å². The number of rotatable bonds is 3. The maximum atomic E-state index is 4.51. The van der Waals surface area contributed by atoms with Gasteiger partial charge in [0.15, 0.2) is 0 Å². The summed E-state index contributed by atoms with van der Waals surface area (Å²) >= 11 is 1.77. The zero-order valence-corrected chi connectivity index (χ0v) is 13.4. The van der Waals surface area contributed by atoms with Crippen molar-refractivity contribution in [1.82, 2.24) is 9.97 Å². The Morgan fingerprint density at radius 1 is 1.10 bits per heavy atom. The molecule has 0 aliphatic carbocycles. The molecule has 108 valence electrons. The minimum Gasteiger partial charge on any atom is -0.379 e. The van der Waals surface area contributed by atoms with Gasteiger partial charge in [0, 0.05) is 21.9 Å². The highest BCUT2D eigenvalue weighted by Crippen LogP contribution is 2.27. The van der Waals surface area contributed by atoms with Gasteiger partial charge in [-0.1, -0.05) is 39.0 Å². The Morgan fingerprint density at radius 3 is 2.67 bits per heavy atom. The van der Waals surface area contributed by atoms with Gasteiger partial charge in [-0.25, -0.2) is 4.98 Å². The van der Waals surface area contributed by atoms with Crippen LogP contribution < -0.4 is 5.32 Å². The molecule has 3 aromatic rings. The van der Waals surface area contributed by atoms with E-state index < -0.39 is 0 Å². The second kappa shape index (κ2) is 5.45. The number of pyridine rings is 1. The van der Waals surface area contributed by atoms with Gasteiger partial charge in [-0.3, -0.25) is 4.98 Å². The maximum Gasteiger partial charge on any atom is 0.0981 e. The predicted octanol–water partition coefficient (Wildman–Crippen LogP) is 4.60. The summed E-state index contributed by atoms with van der Waals surface area (Å²) in [6, 6.07) is 10.3. The Morgan fingerprint density at radius 2 is 1.90 bits per heavy atom. The van der Waals surface area contributed by atoms with Gasteiger partial charge in [0.1, 0.15) is 0 Å². The minimum absolute atomic E-state index is 0.118. The molecule has 0 saturated heterocycles. The van der Waals surface area contributed by atoms with Crippen LogP contribution in [0.5, 0.6) is 0 Å². The van der Waals surface area contributed by atoms with Crippen LogP contribution in [0, 0.1) is 0 Å². The third-order valence-corrected chi connectivity index (χ3v) is 4.68. The highest BCUT2D eigenvalue weighted by Gasteiger charge is 2.17. The molecule has 2 heterocycles. The van der Waals surface area contributed by atoms with Crippen molar-refractivity contribution in [3.8, 4) is 0 Å². The second-order valence-electron chi connectivity index (χ2n) is 6.15. The molecule has 0 unspecified atom stereocenters. The van der Waals surface area contributed by atoms with Gasteiger partial charge in [-0.2, -0.15) is 0 Å². The smallest absolute Gasteiger partial charge is 0.0981 e. The minimum atomic E-state index is 0.118. The molecule has 1 N–H and O–H groups in total. The Kier molecular flexibility index (Phi) is 3.64. The molecule has 0 saturated carbocycles. The van der Waals surface area contributed by atoms with E-state index >= 15 is 0 Å². The molecule has 0 amide bonds. The Labute approximate surface area is 129 Å². The van der Waals surface area contributed by atoms with Gasteiger partial charge < -0.3 is 5.32 Å².